The number of sulfonamides is 1. The minimum Gasteiger partial charge on any atom is -0.495 e. The number of ether oxygens (including phenoxy) is 2. The molecule has 5 fully saturated rings. The number of carbonyl (C=O) groups is 1. The molecule has 0 spiro atoms. The number of alkyl halides is 1. The van der Waals surface area contributed by atoms with Gasteiger partial charge in [0, 0.05) is 23.8 Å². The van der Waals surface area contributed by atoms with E-state index in [1.807, 2.05) is 0 Å². The fourth-order valence-corrected chi connectivity index (χ4v) is 9.90. The number of halogens is 1. The molecule has 1 aromatic carbocycles. The molecule has 7 nitrogen and oxygen atoms in total. The topological polar surface area (TPSA) is 84.9 Å². The molecule has 1 aliphatic heterocycles. The van der Waals surface area contributed by atoms with E-state index in [0.29, 0.717) is 56.0 Å². The van der Waals surface area contributed by atoms with Crippen LogP contribution in [0.25, 0.3) is 0 Å². The molecular weight excluding hydrogens is 496 g/mol. The molecule has 32 heavy (non-hydrogen) atoms. The molecule has 5 aliphatic rings. The number of nitrogens with one attached hydrogen (secondary N) is 1. The Morgan fingerprint density at radius 2 is 1.91 bits per heavy atom. The lowest BCUT2D eigenvalue weighted by molar-refractivity contribution is -0.123. The van der Waals surface area contributed by atoms with Crippen molar-refractivity contribution in [2.75, 3.05) is 38.7 Å². The molecule has 0 aromatic heterocycles. The Bertz CT molecular complexity index is 994. The van der Waals surface area contributed by atoms with Crippen LogP contribution in [0.15, 0.2) is 23.1 Å². The van der Waals surface area contributed by atoms with Gasteiger partial charge in [0.15, 0.2) is 0 Å². The van der Waals surface area contributed by atoms with Crippen LogP contribution in [0.3, 0.4) is 0 Å². The molecule has 1 heterocycles. The van der Waals surface area contributed by atoms with Crippen LogP contribution in [0.1, 0.15) is 44.9 Å². The van der Waals surface area contributed by atoms with E-state index in [1.165, 1.54) is 42.8 Å². The van der Waals surface area contributed by atoms with E-state index in [-0.39, 0.29) is 20.5 Å². The highest BCUT2D eigenvalue weighted by atomic mass is 79.9. The number of hydrogen-bond donors (Lipinski definition) is 1. The predicted octanol–water partition coefficient (Wildman–Crippen LogP) is 3.78. The Kier molecular flexibility index (Phi) is 5.83. The van der Waals surface area contributed by atoms with Crippen molar-refractivity contribution < 1.29 is 22.7 Å². The summed E-state index contributed by atoms with van der Waals surface area (Å²) in [4.78, 5) is 13.3. The van der Waals surface area contributed by atoms with Crippen LogP contribution in [-0.4, -0.2) is 56.4 Å². The quantitative estimate of drug-likeness (QED) is 0.570. The van der Waals surface area contributed by atoms with Crippen molar-refractivity contribution in [2.45, 2.75) is 54.2 Å². The summed E-state index contributed by atoms with van der Waals surface area (Å²) in [5.74, 6) is 1.81. The lowest BCUT2D eigenvalue weighted by atomic mass is 9.48. The van der Waals surface area contributed by atoms with E-state index >= 15 is 0 Å². The zero-order valence-electron chi connectivity index (χ0n) is 18.4. The van der Waals surface area contributed by atoms with Gasteiger partial charge in [0.05, 0.1) is 30.9 Å². The summed E-state index contributed by atoms with van der Waals surface area (Å²) < 4.78 is 38.5. The third kappa shape index (κ3) is 4.21. The molecule has 1 aromatic rings. The van der Waals surface area contributed by atoms with Gasteiger partial charge in [-0.1, -0.05) is 15.9 Å². The van der Waals surface area contributed by atoms with Crippen LogP contribution in [0.5, 0.6) is 5.75 Å². The van der Waals surface area contributed by atoms with Crippen molar-refractivity contribution in [1.29, 1.82) is 0 Å². The van der Waals surface area contributed by atoms with Crippen molar-refractivity contribution in [2.24, 2.45) is 17.3 Å². The van der Waals surface area contributed by atoms with Crippen LogP contribution in [0.2, 0.25) is 0 Å². The van der Waals surface area contributed by atoms with Gasteiger partial charge in [-0.05, 0) is 74.0 Å². The second-order valence-corrected chi connectivity index (χ2v) is 13.8. The molecule has 0 radical (unpaired) electrons. The SMILES string of the molecule is COc1ccc(S(=O)(=O)N2CCOCC2)cc1NC(=O)CC12CC3CC(CC(Br)(C3)C1)C2. The summed E-state index contributed by atoms with van der Waals surface area (Å²) in [5.41, 5.74) is 0.452. The maximum Gasteiger partial charge on any atom is 0.243 e. The van der Waals surface area contributed by atoms with Gasteiger partial charge >= 0.3 is 0 Å². The number of carbonyl (C=O) groups excluding carboxylic acids is 1. The lowest BCUT2D eigenvalue weighted by Crippen LogP contribution is -2.53. The molecule has 2 atom stereocenters. The number of morpholine rings is 1. The second kappa shape index (κ2) is 8.25. The van der Waals surface area contributed by atoms with E-state index in [1.54, 1.807) is 6.07 Å². The van der Waals surface area contributed by atoms with Gasteiger partial charge in [-0.2, -0.15) is 4.31 Å². The first-order valence-corrected chi connectivity index (χ1v) is 13.7. The fourth-order valence-electron chi connectivity index (χ4n) is 6.96. The summed E-state index contributed by atoms with van der Waals surface area (Å²) in [6, 6.07) is 4.67. The zero-order chi connectivity index (χ0) is 22.6. The first-order chi connectivity index (χ1) is 15.2. The van der Waals surface area contributed by atoms with Gasteiger partial charge in [-0.15, -0.1) is 0 Å². The average Bonchev–Trinajstić information content (AvgIpc) is 2.72. The third-order valence-electron chi connectivity index (χ3n) is 7.70. The molecule has 4 aliphatic carbocycles. The average molecular weight is 527 g/mol. The van der Waals surface area contributed by atoms with E-state index in [9.17, 15) is 13.2 Å². The molecule has 2 unspecified atom stereocenters. The molecule has 4 saturated carbocycles. The summed E-state index contributed by atoms with van der Waals surface area (Å²) in [6.45, 7) is 1.43. The van der Waals surface area contributed by atoms with Crippen LogP contribution < -0.4 is 10.1 Å². The fraction of sp³-hybridized carbons (Fsp3) is 0.696. The molecule has 9 heteroatoms. The van der Waals surface area contributed by atoms with Crippen LogP contribution >= 0.6 is 15.9 Å². The predicted molar refractivity (Wildman–Crippen MR) is 125 cm³/mol. The standard InChI is InChI=1S/C23H31BrN2O5S/c1-30-20-3-2-18(32(28,29)26-4-6-31-7-5-26)9-19(20)25-21(27)14-22-10-16-8-17(11-22)13-23(24,12-16)15-22/h2-3,9,16-17H,4-8,10-15H2,1H3,(H,25,27). The number of methoxy groups -OCH3 is 1. The first-order valence-electron chi connectivity index (χ1n) is 11.5. The summed E-state index contributed by atoms with van der Waals surface area (Å²) in [6.07, 6.45) is 7.50. The highest BCUT2D eigenvalue weighted by molar-refractivity contribution is 9.10. The molecule has 1 N–H and O–H groups in total. The maximum atomic E-state index is 13.2. The van der Waals surface area contributed by atoms with Crippen molar-refractivity contribution >= 4 is 37.5 Å². The largest absolute Gasteiger partial charge is 0.495 e. The number of benzene rings is 1. The van der Waals surface area contributed by atoms with Gasteiger partial charge < -0.3 is 14.8 Å². The monoisotopic (exact) mass is 526 g/mol. The van der Waals surface area contributed by atoms with E-state index in [4.69, 9.17) is 9.47 Å². The van der Waals surface area contributed by atoms with Gasteiger partial charge in [0.2, 0.25) is 15.9 Å². The van der Waals surface area contributed by atoms with Crippen molar-refractivity contribution in [3.05, 3.63) is 18.2 Å². The van der Waals surface area contributed by atoms with Crippen LogP contribution in [-0.2, 0) is 19.6 Å². The Morgan fingerprint density at radius 1 is 1.22 bits per heavy atom. The van der Waals surface area contributed by atoms with Gasteiger partial charge in [-0.3, -0.25) is 4.79 Å². The number of anilines is 1. The zero-order valence-corrected chi connectivity index (χ0v) is 20.8. The number of rotatable bonds is 6. The molecule has 1 saturated heterocycles. The summed E-state index contributed by atoms with van der Waals surface area (Å²) in [7, 11) is -2.13. The van der Waals surface area contributed by atoms with Gasteiger partial charge in [-0.25, -0.2) is 8.42 Å². The maximum absolute atomic E-state index is 13.2. The summed E-state index contributed by atoms with van der Waals surface area (Å²) in [5, 5.41) is 2.98. The van der Waals surface area contributed by atoms with Crippen molar-refractivity contribution in [1.82, 2.24) is 4.31 Å². The number of nitrogens with zero attached hydrogens (tertiary/aromatic N) is 1. The Morgan fingerprint density at radius 3 is 2.53 bits per heavy atom. The van der Waals surface area contributed by atoms with Gasteiger partial charge in [0.25, 0.3) is 0 Å². The second-order valence-electron chi connectivity index (χ2n) is 10.2. The van der Waals surface area contributed by atoms with Crippen LogP contribution in [0, 0.1) is 17.3 Å². The third-order valence-corrected chi connectivity index (χ3v) is 10.5. The van der Waals surface area contributed by atoms with Crippen LogP contribution in [0.4, 0.5) is 5.69 Å². The highest BCUT2D eigenvalue weighted by Crippen LogP contribution is 2.65. The minimum absolute atomic E-state index is 0.0440. The number of hydrogen-bond acceptors (Lipinski definition) is 5. The molecule has 6 rings (SSSR count). The molecule has 176 valence electrons. The van der Waals surface area contributed by atoms with Gasteiger partial charge in [0.1, 0.15) is 5.75 Å². The smallest absolute Gasteiger partial charge is 0.243 e. The normalized spacial score (nSPS) is 34.4. The molecule has 1 amide bonds. The Labute approximate surface area is 198 Å². The summed E-state index contributed by atoms with van der Waals surface area (Å²) >= 11 is 4.01. The first kappa shape index (κ1) is 22.6. The number of amides is 1. The Hall–Kier alpha value is -1.16. The van der Waals surface area contributed by atoms with E-state index < -0.39 is 10.0 Å². The van der Waals surface area contributed by atoms with Crippen molar-refractivity contribution in [3.8, 4) is 5.75 Å². The van der Waals surface area contributed by atoms with E-state index in [0.717, 1.165) is 19.3 Å². The van der Waals surface area contributed by atoms with E-state index in [2.05, 4.69) is 21.2 Å². The minimum atomic E-state index is -3.66. The molecular formula is C23H31BrN2O5S. The lowest BCUT2D eigenvalue weighted by Gasteiger charge is -2.60. The highest BCUT2D eigenvalue weighted by Gasteiger charge is 2.57. The van der Waals surface area contributed by atoms with Crippen molar-refractivity contribution in [3.63, 3.8) is 0 Å². The molecule has 4 bridgehead atoms. The Balaban J connectivity index is 1.34.